The van der Waals surface area contributed by atoms with Crippen LogP contribution in [0.3, 0.4) is 0 Å². The van der Waals surface area contributed by atoms with Crippen molar-refractivity contribution < 1.29 is 4.79 Å². The normalized spacial score (nSPS) is 16.9. The summed E-state index contributed by atoms with van der Waals surface area (Å²) >= 11 is 0. The number of carbonyl (C=O) groups excluding carboxylic acids is 1. The van der Waals surface area contributed by atoms with E-state index in [9.17, 15) is 4.79 Å². The standard InChI is InChI=1S/C22H22N4O/c1-16(27)26-13-5-8-19(15-26)21-20(17-6-3-2-4-7-17)14-24-22(25-21)18-9-11-23-12-10-18/h2-4,6-7,9-12,14,19H,5,8,13,15H2,1H3. The predicted octanol–water partition coefficient (Wildman–Crippen LogP) is 3.93. The molecule has 3 aromatic rings. The number of nitrogens with zero attached hydrogens (tertiary/aromatic N) is 4. The van der Waals surface area contributed by atoms with Gasteiger partial charge < -0.3 is 4.90 Å². The van der Waals surface area contributed by atoms with Crippen LogP contribution in [0.5, 0.6) is 0 Å². The van der Waals surface area contributed by atoms with Crippen LogP contribution in [0.2, 0.25) is 0 Å². The maximum atomic E-state index is 11.9. The van der Waals surface area contributed by atoms with Crippen LogP contribution in [0.1, 0.15) is 31.4 Å². The number of pyridine rings is 1. The number of rotatable bonds is 3. The van der Waals surface area contributed by atoms with Gasteiger partial charge in [-0.2, -0.15) is 0 Å². The topological polar surface area (TPSA) is 59.0 Å². The highest BCUT2D eigenvalue weighted by Gasteiger charge is 2.27. The zero-order valence-electron chi connectivity index (χ0n) is 15.4. The first-order valence-electron chi connectivity index (χ1n) is 9.30. The highest BCUT2D eigenvalue weighted by Crippen LogP contribution is 2.34. The molecule has 0 N–H and O–H groups in total. The lowest BCUT2D eigenvalue weighted by Crippen LogP contribution is -2.38. The summed E-state index contributed by atoms with van der Waals surface area (Å²) in [6.45, 7) is 3.18. The maximum Gasteiger partial charge on any atom is 0.219 e. The quantitative estimate of drug-likeness (QED) is 0.712. The molecule has 2 aromatic heterocycles. The van der Waals surface area contributed by atoms with Gasteiger partial charge >= 0.3 is 0 Å². The van der Waals surface area contributed by atoms with Crippen LogP contribution < -0.4 is 0 Å². The van der Waals surface area contributed by atoms with Gasteiger partial charge in [-0.1, -0.05) is 30.3 Å². The van der Waals surface area contributed by atoms with Crippen LogP contribution in [0.4, 0.5) is 0 Å². The van der Waals surface area contributed by atoms with Gasteiger partial charge in [0, 0.05) is 55.6 Å². The monoisotopic (exact) mass is 358 g/mol. The first-order valence-corrected chi connectivity index (χ1v) is 9.30. The Bertz CT molecular complexity index is 928. The van der Waals surface area contributed by atoms with Crippen LogP contribution in [0.25, 0.3) is 22.5 Å². The SMILES string of the molecule is CC(=O)N1CCCC(c2nc(-c3ccncc3)ncc2-c2ccccc2)C1. The first-order chi connectivity index (χ1) is 13.2. The van der Waals surface area contributed by atoms with E-state index in [2.05, 4.69) is 22.1 Å². The van der Waals surface area contributed by atoms with Crippen LogP contribution in [-0.4, -0.2) is 38.8 Å². The lowest BCUT2D eigenvalue weighted by atomic mass is 9.89. The number of amides is 1. The minimum Gasteiger partial charge on any atom is -0.342 e. The van der Waals surface area contributed by atoms with Gasteiger partial charge in [0.2, 0.25) is 5.91 Å². The second-order valence-electron chi connectivity index (χ2n) is 6.90. The van der Waals surface area contributed by atoms with E-state index in [1.807, 2.05) is 41.4 Å². The van der Waals surface area contributed by atoms with Gasteiger partial charge in [-0.05, 0) is 30.5 Å². The Hall–Kier alpha value is -3.08. The van der Waals surface area contributed by atoms with E-state index in [0.717, 1.165) is 41.8 Å². The molecular weight excluding hydrogens is 336 g/mol. The average molecular weight is 358 g/mol. The minimum atomic E-state index is 0.129. The largest absolute Gasteiger partial charge is 0.342 e. The molecule has 136 valence electrons. The molecule has 1 atom stereocenters. The maximum absolute atomic E-state index is 11.9. The van der Waals surface area contributed by atoms with Crippen molar-refractivity contribution in [1.29, 1.82) is 0 Å². The van der Waals surface area contributed by atoms with Crippen molar-refractivity contribution in [3.05, 3.63) is 66.7 Å². The van der Waals surface area contributed by atoms with E-state index in [1.165, 1.54) is 0 Å². The molecule has 27 heavy (non-hydrogen) atoms. The Morgan fingerprint density at radius 3 is 2.59 bits per heavy atom. The summed E-state index contributed by atoms with van der Waals surface area (Å²) in [4.78, 5) is 27.5. The molecule has 3 heterocycles. The molecule has 0 bridgehead atoms. The van der Waals surface area contributed by atoms with Crippen molar-refractivity contribution in [2.45, 2.75) is 25.7 Å². The molecule has 0 aliphatic carbocycles. The molecule has 1 saturated heterocycles. The zero-order chi connectivity index (χ0) is 18.6. The van der Waals surface area contributed by atoms with Gasteiger partial charge in [-0.3, -0.25) is 9.78 Å². The van der Waals surface area contributed by atoms with Gasteiger partial charge in [0.1, 0.15) is 0 Å². The number of hydrogen-bond acceptors (Lipinski definition) is 4. The fraction of sp³-hybridized carbons (Fsp3) is 0.273. The first kappa shape index (κ1) is 17.3. The summed E-state index contributed by atoms with van der Waals surface area (Å²) in [6, 6.07) is 14.1. The zero-order valence-corrected chi connectivity index (χ0v) is 15.4. The van der Waals surface area contributed by atoms with Crippen molar-refractivity contribution >= 4 is 5.91 Å². The molecule has 0 radical (unpaired) electrons. The highest BCUT2D eigenvalue weighted by atomic mass is 16.2. The lowest BCUT2D eigenvalue weighted by Gasteiger charge is -2.32. The smallest absolute Gasteiger partial charge is 0.219 e. The predicted molar refractivity (Wildman–Crippen MR) is 105 cm³/mol. The fourth-order valence-corrected chi connectivity index (χ4v) is 3.67. The number of hydrogen-bond donors (Lipinski definition) is 0. The Kier molecular flexibility index (Phi) is 4.92. The number of benzene rings is 1. The van der Waals surface area contributed by atoms with Crippen LogP contribution in [0.15, 0.2) is 61.1 Å². The average Bonchev–Trinajstić information content (AvgIpc) is 2.74. The van der Waals surface area contributed by atoms with Crippen molar-refractivity contribution in [2.24, 2.45) is 0 Å². The molecule has 5 heteroatoms. The summed E-state index contributed by atoms with van der Waals surface area (Å²) in [5, 5.41) is 0. The Labute approximate surface area is 159 Å². The molecule has 1 amide bonds. The number of piperidine rings is 1. The highest BCUT2D eigenvalue weighted by molar-refractivity contribution is 5.74. The molecule has 1 aliphatic rings. The summed E-state index contributed by atoms with van der Waals surface area (Å²) in [5.74, 6) is 1.04. The van der Waals surface area contributed by atoms with E-state index < -0.39 is 0 Å². The van der Waals surface area contributed by atoms with Gasteiger partial charge in [0.25, 0.3) is 0 Å². The fourth-order valence-electron chi connectivity index (χ4n) is 3.67. The van der Waals surface area contributed by atoms with E-state index in [4.69, 9.17) is 4.98 Å². The Morgan fingerprint density at radius 2 is 1.85 bits per heavy atom. The molecule has 1 unspecified atom stereocenters. The van der Waals surface area contributed by atoms with Gasteiger partial charge in [-0.15, -0.1) is 0 Å². The Morgan fingerprint density at radius 1 is 1.07 bits per heavy atom. The van der Waals surface area contributed by atoms with Crippen LogP contribution in [-0.2, 0) is 4.79 Å². The lowest BCUT2D eigenvalue weighted by molar-refractivity contribution is -0.130. The third-order valence-corrected chi connectivity index (χ3v) is 5.09. The molecule has 5 nitrogen and oxygen atoms in total. The van der Waals surface area contributed by atoms with Crippen molar-refractivity contribution in [3.63, 3.8) is 0 Å². The molecule has 0 saturated carbocycles. The van der Waals surface area contributed by atoms with Gasteiger partial charge in [0.05, 0.1) is 5.69 Å². The Balaban J connectivity index is 1.79. The number of carbonyl (C=O) groups is 1. The van der Waals surface area contributed by atoms with E-state index in [0.29, 0.717) is 12.4 Å². The van der Waals surface area contributed by atoms with Crippen molar-refractivity contribution in [2.75, 3.05) is 13.1 Å². The second-order valence-corrected chi connectivity index (χ2v) is 6.90. The number of aromatic nitrogens is 3. The summed E-state index contributed by atoms with van der Waals surface area (Å²) in [7, 11) is 0. The number of likely N-dealkylation sites (tertiary alicyclic amines) is 1. The third-order valence-electron chi connectivity index (χ3n) is 5.09. The van der Waals surface area contributed by atoms with E-state index >= 15 is 0 Å². The second kappa shape index (κ2) is 7.66. The van der Waals surface area contributed by atoms with Gasteiger partial charge in [-0.25, -0.2) is 9.97 Å². The van der Waals surface area contributed by atoms with E-state index in [1.54, 1.807) is 19.3 Å². The third kappa shape index (κ3) is 3.72. The summed E-state index contributed by atoms with van der Waals surface area (Å²) < 4.78 is 0. The summed E-state index contributed by atoms with van der Waals surface area (Å²) in [6.07, 6.45) is 7.44. The summed E-state index contributed by atoms with van der Waals surface area (Å²) in [5.41, 5.74) is 4.12. The molecule has 4 rings (SSSR count). The minimum absolute atomic E-state index is 0.129. The molecule has 1 fully saturated rings. The van der Waals surface area contributed by atoms with E-state index in [-0.39, 0.29) is 11.8 Å². The van der Waals surface area contributed by atoms with Crippen LogP contribution in [0, 0.1) is 0 Å². The molecule has 0 spiro atoms. The molecule has 1 aromatic carbocycles. The van der Waals surface area contributed by atoms with Crippen LogP contribution >= 0.6 is 0 Å². The van der Waals surface area contributed by atoms with Crippen molar-refractivity contribution in [1.82, 2.24) is 19.9 Å². The van der Waals surface area contributed by atoms with Crippen molar-refractivity contribution in [3.8, 4) is 22.5 Å². The van der Waals surface area contributed by atoms with Gasteiger partial charge in [0.15, 0.2) is 5.82 Å². The molecular formula is C22H22N4O. The molecule has 1 aliphatic heterocycles.